The van der Waals surface area contributed by atoms with Crippen LogP contribution < -0.4 is 16.0 Å². The Morgan fingerprint density at radius 2 is 2.40 bits per heavy atom. The maximum atomic E-state index is 5.94. The van der Waals surface area contributed by atoms with Gasteiger partial charge in [-0.15, -0.1) is 0 Å². The predicted octanol–water partition coefficient (Wildman–Crippen LogP) is 1.56. The van der Waals surface area contributed by atoms with E-state index in [0.717, 1.165) is 37.5 Å². The first-order valence-electron chi connectivity index (χ1n) is 7.30. The minimum atomic E-state index is 0.126. The maximum Gasteiger partial charge on any atom is 0.127 e. The zero-order valence-electron chi connectivity index (χ0n) is 12.0. The summed E-state index contributed by atoms with van der Waals surface area (Å²) in [6, 6.07) is 6.99. The molecule has 20 heavy (non-hydrogen) atoms. The smallest absolute Gasteiger partial charge is 0.127 e. The van der Waals surface area contributed by atoms with E-state index in [1.165, 1.54) is 16.9 Å². The van der Waals surface area contributed by atoms with Gasteiger partial charge in [0, 0.05) is 29.7 Å². The van der Waals surface area contributed by atoms with Gasteiger partial charge < -0.3 is 4.74 Å². The fourth-order valence-electron chi connectivity index (χ4n) is 3.12. The molecule has 3 rings (SSSR count). The molecule has 1 saturated heterocycles. The standard InChI is InChI=1S/C15H23N3OS/c1-18-7-9-20-10-13(18)14(17-16)12-6-2-4-11-5-3-8-19-15(11)12/h2,4,6,13-14,17H,3,5,7-10,16H2,1H3. The Kier molecular flexibility index (Phi) is 4.51. The highest BCUT2D eigenvalue weighted by Gasteiger charge is 2.31. The van der Waals surface area contributed by atoms with E-state index in [4.69, 9.17) is 10.6 Å². The van der Waals surface area contributed by atoms with Crippen molar-refractivity contribution in [2.24, 2.45) is 5.84 Å². The highest BCUT2D eigenvalue weighted by atomic mass is 32.2. The Morgan fingerprint density at radius 3 is 3.20 bits per heavy atom. The Labute approximate surface area is 125 Å². The summed E-state index contributed by atoms with van der Waals surface area (Å²) >= 11 is 2.00. The molecular formula is C15H23N3OS. The van der Waals surface area contributed by atoms with Crippen molar-refractivity contribution in [3.05, 3.63) is 29.3 Å². The van der Waals surface area contributed by atoms with Gasteiger partial charge in [-0.3, -0.25) is 16.2 Å². The van der Waals surface area contributed by atoms with Crippen LogP contribution >= 0.6 is 11.8 Å². The van der Waals surface area contributed by atoms with Crippen molar-refractivity contribution < 1.29 is 4.74 Å². The van der Waals surface area contributed by atoms with Crippen molar-refractivity contribution >= 4 is 11.8 Å². The normalized spacial score (nSPS) is 24.8. The number of ether oxygens (including phenoxy) is 1. The number of benzene rings is 1. The van der Waals surface area contributed by atoms with Gasteiger partial charge in [0.15, 0.2) is 0 Å². The minimum absolute atomic E-state index is 0.126. The van der Waals surface area contributed by atoms with Gasteiger partial charge in [-0.05, 0) is 25.5 Å². The number of nitrogens with one attached hydrogen (secondary N) is 1. The van der Waals surface area contributed by atoms with Crippen LogP contribution in [0, 0.1) is 0 Å². The lowest BCUT2D eigenvalue weighted by Gasteiger charge is -2.38. The Balaban J connectivity index is 1.92. The van der Waals surface area contributed by atoms with Gasteiger partial charge in [-0.1, -0.05) is 18.2 Å². The number of para-hydroxylation sites is 1. The topological polar surface area (TPSA) is 50.5 Å². The first-order valence-corrected chi connectivity index (χ1v) is 8.45. The van der Waals surface area contributed by atoms with E-state index in [-0.39, 0.29) is 6.04 Å². The number of hydrazine groups is 1. The summed E-state index contributed by atoms with van der Waals surface area (Å²) in [5, 5.41) is 0. The molecule has 5 heteroatoms. The molecule has 0 amide bonds. The van der Waals surface area contributed by atoms with Crippen LogP contribution in [0.2, 0.25) is 0 Å². The van der Waals surface area contributed by atoms with Crippen LogP contribution in [0.5, 0.6) is 5.75 Å². The minimum Gasteiger partial charge on any atom is -0.493 e. The molecule has 2 atom stereocenters. The van der Waals surface area contributed by atoms with E-state index in [9.17, 15) is 0 Å². The van der Waals surface area contributed by atoms with Crippen LogP contribution in [-0.4, -0.2) is 42.6 Å². The summed E-state index contributed by atoms with van der Waals surface area (Å²) in [7, 11) is 2.19. The monoisotopic (exact) mass is 293 g/mol. The molecule has 0 spiro atoms. The quantitative estimate of drug-likeness (QED) is 0.654. The van der Waals surface area contributed by atoms with Gasteiger partial charge in [0.05, 0.1) is 12.6 Å². The van der Waals surface area contributed by atoms with Gasteiger partial charge in [0.1, 0.15) is 5.75 Å². The van der Waals surface area contributed by atoms with Crippen molar-refractivity contribution in [3.8, 4) is 5.75 Å². The maximum absolute atomic E-state index is 5.94. The van der Waals surface area contributed by atoms with Crippen molar-refractivity contribution in [1.29, 1.82) is 0 Å². The Hall–Kier alpha value is -0.750. The summed E-state index contributed by atoms with van der Waals surface area (Å²) in [6.07, 6.45) is 2.21. The summed E-state index contributed by atoms with van der Waals surface area (Å²) in [5.74, 6) is 9.26. The third-order valence-electron chi connectivity index (χ3n) is 4.31. The molecule has 3 N–H and O–H groups in total. The van der Waals surface area contributed by atoms with Crippen molar-refractivity contribution in [3.63, 3.8) is 0 Å². The molecule has 1 aromatic carbocycles. The van der Waals surface area contributed by atoms with Crippen LogP contribution in [0.15, 0.2) is 18.2 Å². The first-order chi connectivity index (χ1) is 9.81. The second kappa shape index (κ2) is 6.35. The number of aryl methyl sites for hydroxylation is 1. The van der Waals surface area contributed by atoms with E-state index in [1.54, 1.807) is 0 Å². The van der Waals surface area contributed by atoms with Crippen molar-refractivity contribution in [2.75, 3.05) is 31.7 Å². The number of fused-ring (bicyclic) bond motifs is 1. The van der Waals surface area contributed by atoms with Crippen molar-refractivity contribution in [2.45, 2.75) is 24.9 Å². The van der Waals surface area contributed by atoms with Crippen LogP contribution in [0.25, 0.3) is 0 Å². The lowest BCUT2D eigenvalue weighted by atomic mass is 9.94. The third kappa shape index (κ3) is 2.68. The van der Waals surface area contributed by atoms with E-state index in [2.05, 4.69) is 35.6 Å². The fraction of sp³-hybridized carbons (Fsp3) is 0.600. The molecule has 2 heterocycles. The molecule has 0 aromatic heterocycles. The summed E-state index contributed by atoms with van der Waals surface area (Å²) in [6.45, 7) is 1.93. The number of nitrogens with zero attached hydrogens (tertiary/aromatic N) is 1. The average Bonchev–Trinajstić information content (AvgIpc) is 2.50. The SMILES string of the molecule is CN1CCSCC1C(NN)c1cccc2c1OCCC2. The summed E-state index contributed by atoms with van der Waals surface area (Å²) < 4.78 is 5.94. The highest BCUT2D eigenvalue weighted by Crippen LogP contribution is 2.36. The molecule has 2 aliphatic heterocycles. The molecule has 110 valence electrons. The number of hydrogen-bond acceptors (Lipinski definition) is 5. The van der Waals surface area contributed by atoms with Gasteiger partial charge in [0.2, 0.25) is 0 Å². The molecular weight excluding hydrogens is 270 g/mol. The highest BCUT2D eigenvalue weighted by molar-refractivity contribution is 7.99. The number of likely N-dealkylation sites (N-methyl/N-ethyl adjacent to an activating group) is 1. The molecule has 0 aliphatic carbocycles. The Bertz CT molecular complexity index is 468. The van der Waals surface area contributed by atoms with Crippen LogP contribution in [-0.2, 0) is 6.42 Å². The van der Waals surface area contributed by atoms with E-state index >= 15 is 0 Å². The molecule has 4 nitrogen and oxygen atoms in total. The molecule has 2 unspecified atom stereocenters. The average molecular weight is 293 g/mol. The van der Waals surface area contributed by atoms with Crippen LogP contribution in [0.4, 0.5) is 0 Å². The van der Waals surface area contributed by atoms with E-state index in [1.807, 2.05) is 11.8 Å². The predicted molar refractivity (Wildman–Crippen MR) is 84.1 cm³/mol. The largest absolute Gasteiger partial charge is 0.493 e. The lowest BCUT2D eigenvalue weighted by molar-refractivity contribution is 0.209. The molecule has 0 saturated carbocycles. The molecule has 0 bridgehead atoms. The number of nitrogens with two attached hydrogens (primary N) is 1. The lowest BCUT2D eigenvalue weighted by Crippen LogP contribution is -2.49. The van der Waals surface area contributed by atoms with Gasteiger partial charge >= 0.3 is 0 Å². The zero-order chi connectivity index (χ0) is 13.9. The molecule has 1 aromatic rings. The summed E-state index contributed by atoms with van der Waals surface area (Å²) in [5.41, 5.74) is 5.57. The molecule has 2 aliphatic rings. The van der Waals surface area contributed by atoms with Crippen LogP contribution in [0.3, 0.4) is 0 Å². The number of hydrogen-bond donors (Lipinski definition) is 2. The van der Waals surface area contributed by atoms with Crippen molar-refractivity contribution in [1.82, 2.24) is 10.3 Å². The molecule has 0 radical (unpaired) electrons. The van der Waals surface area contributed by atoms with E-state index in [0.29, 0.717) is 6.04 Å². The van der Waals surface area contributed by atoms with Gasteiger partial charge in [-0.25, -0.2) is 0 Å². The summed E-state index contributed by atoms with van der Waals surface area (Å²) in [4.78, 5) is 2.41. The Morgan fingerprint density at radius 1 is 1.50 bits per heavy atom. The molecule has 1 fully saturated rings. The van der Waals surface area contributed by atoms with Gasteiger partial charge in [-0.2, -0.15) is 11.8 Å². The second-order valence-electron chi connectivity index (χ2n) is 5.55. The first kappa shape index (κ1) is 14.2. The third-order valence-corrected chi connectivity index (χ3v) is 5.35. The zero-order valence-corrected chi connectivity index (χ0v) is 12.8. The number of rotatable bonds is 3. The second-order valence-corrected chi connectivity index (χ2v) is 6.70. The number of thioether (sulfide) groups is 1. The fourth-order valence-corrected chi connectivity index (χ4v) is 4.40. The van der Waals surface area contributed by atoms with Crippen LogP contribution in [0.1, 0.15) is 23.6 Å². The van der Waals surface area contributed by atoms with E-state index < -0.39 is 0 Å². The van der Waals surface area contributed by atoms with Gasteiger partial charge in [0.25, 0.3) is 0 Å².